The normalized spacial score (nSPS) is 21.1. The summed E-state index contributed by atoms with van der Waals surface area (Å²) >= 11 is 0. The topological polar surface area (TPSA) is 48.8 Å². The smallest absolute Gasteiger partial charge is 0.334 e. The van der Waals surface area contributed by atoms with Crippen molar-refractivity contribution >= 4 is 11.6 Å². The van der Waals surface area contributed by atoms with Gasteiger partial charge in [-0.25, -0.2) is 0 Å². The molecule has 1 aromatic carbocycles. The average molecular weight is 457 g/mol. The van der Waals surface area contributed by atoms with E-state index in [1.807, 2.05) is 28.9 Å². The lowest BCUT2D eigenvalue weighted by Crippen LogP contribution is -2.52. The van der Waals surface area contributed by atoms with Crippen LogP contribution in [0.5, 0.6) is 0 Å². The lowest BCUT2D eigenvalue weighted by atomic mass is 9.90. The lowest BCUT2D eigenvalue weighted by Gasteiger charge is -2.41. The molecule has 0 aliphatic carbocycles. The molecule has 3 aliphatic heterocycles. The van der Waals surface area contributed by atoms with Gasteiger partial charge in [-0.15, -0.1) is 0 Å². The summed E-state index contributed by atoms with van der Waals surface area (Å²) in [6, 6.07) is 8.22. The predicted octanol–water partition coefficient (Wildman–Crippen LogP) is 4.04. The number of hydrogen-bond acceptors (Lipinski definition) is 4. The summed E-state index contributed by atoms with van der Waals surface area (Å²) in [6.45, 7) is 4.22. The Kier molecular flexibility index (Phi) is 5.72. The maximum atomic E-state index is 13.0. The molecule has 0 unspecified atom stereocenters. The van der Waals surface area contributed by atoms with Crippen molar-refractivity contribution in [3.63, 3.8) is 0 Å². The minimum atomic E-state index is -4.15. The Morgan fingerprint density at radius 1 is 1.15 bits per heavy atom. The molecule has 8 heteroatoms. The predicted molar refractivity (Wildman–Crippen MR) is 119 cm³/mol. The van der Waals surface area contributed by atoms with Gasteiger partial charge in [0.15, 0.2) is 0 Å². The third-order valence-corrected chi connectivity index (χ3v) is 6.89. The summed E-state index contributed by atoms with van der Waals surface area (Å²) < 4.78 is 38.0. The molecule has 0 saturated carbocycles. The number of likely N-dealkylation sites (tertiary alicyclic amines) is 1. The molecular formula is C25H27F3N4O. The van der Waals surface area contributed by atoms with Gasteiger partial charge in [-0.3, -0.25) is 14.8 Å². The van der Waals surface area contributed by atoms with Crippen LogP contribution in [0.3, 0.4) is 0 Å². The molecule has 2 aromatic rings. The van der Waals surface area contributed by atoms with Gasteiger partial charge in [0.1, 0.15) is 0 Å². The molecule has 5 rings (SSSR count). The molecule has 4 heterocycles. The summed E-state index contributed by atoms with van der Waals surface area (Å²) in [4.78, 5) is 25.8. The van der Waals surface area contributed by atoms with Gasteiger partial charge < -0.3 is 9.80 Å². The van der Waals surface area contributed by atoms with Crippen LogP contribution < -0.4 is 0 Å². The van der Waals surface area contributed by atoms with E-state index in [0.29, 0.717) is 32.6 Å². The van der Waals surface area contributed by atoms with E-state index < -0.39 is 12.6 Å². The second kappa shape index (κ2) is 8.56. The van der Waals surface area contributed by atoms with Gasteiger partial charge in [0.25, 0.3) is 0 Å². The maximum absolute atomic E-state index is 13.0. The number of piperidine rings is 1. The first kappa shape index (κ1) is 22.1. The van der Waals surface area contributed by atoms with E-state index in [0.717, 1.165) is 52.1 Å². The molecule has 0 spiro atoms. The number of nitrogens with zero attached hydrogens (tertiary/aromatic N) is 4. The van der Waals surface area contributed by atoms with Gasteiger partial charge in [-0.1, -0.05) is 6.07 Å². The van der Waals surface area contributed by atoms with Crippen LogP contribution in [0.25, 0.3) is 0 Å². The van der Waals surface area contributed by atoms with E-state index in [-0.39, 0.29) is 18.5 Å². The highest BCUT2D eigenvalue weighted by molar-refractivity contribution is 6.15. The molecule has 0 radical (unpaired) electrons. The first-order valence-corrected chi connectivity index (χ1v) is 11.5. The second-order valence-electron chi connectivity index (χ2n) is 9.29. The van der Waals surface area contributed by atoms with Crippen LogP contribution in [-0.4, -0.2) is 58.3 Å². The number of pyridine rings is 1. The monoisotopic (exact) mass is 456 g/mol. The van der Waals surface area contributed by atoms with Crippen molar-refractivity contribution in [1.29, 1.82) is 0 Å². The third-order valence-electron chi connectivity index (χ3n) is 6.89. The fraction of sp³-hybridized carbons (Fsp3) is 0.480. The Hall–Kier alpha value is -2.74. The number of aromatic nitrogens is 1. The summed E-state index contributed by atoms with van der Waals surface area (Å²) in [7, 11) is 0. The zero-order valence-corrected chi connectivity index (χ0v) is 18.7. The van der Waals surface area contributed by atoms with Gasteiger partial charge in [-0.05, 0) is 61.2 Å². The van der Waals surface area contributed by atoms with E-state index in [9.17, 15) is 18.0 Å². The van der Waals surface area contributed by atoms with E-state index in [2.05, 4.69) is 17.1 Å². The largest absolute Gasteiger partial charge is 0.390 e. The molecule has 1 saturated heterocycles. The molecular weight excluding hydrogens is 429 g/mol. The number of aliphatic imine (C=N–C) groups is 1. The van der Waals surface area contributed by atoms with Crippen LogP contribution in [0.15, 0.2) is 35.5 Å². The van der Waals surface area contributed by atoms with Crippen molar-refractivity contribution < 1.29 is 18.0 Å². The van der Waals surface area contributed by atoms with Gasteiger partial charge in [0.2, 0.25) is 5.91 Å². The average Bonchev–Trinajstić information content (AvgIpc) is 3.18. The van der Waals surface area contributed by atoms with Crippen molar-refractivity contribution in [2.75, 3.05) is 19.6 Å². The number of aryl methyl sites for hydroxylation is 1. The minimum absolute atomic E-state index is 0.00268. The Balaban J connectivity index is 1.35. The number of carbonyl (C=O) groups excluding carboxylic acids is 1. The fourth-order valence-corrected chi connectivity index (χ4v) is 5.23. The molecule has 1 aromatic heterocycles. The number of carbonyl (C=O) groups is 1. The molecule has 5 nitrogen and oxygen atoms in total. The first-order valence-electron chi connectivity index (χ1n) is 11.5. The number of halogens is 3. The maximum Gasteiger partial charge on any atom is 0.390 e. The van der Waals surface area contributed by atoms with Crippen LogP contribution in [0.1, 0.15) is 52.8 Å². The first-order chi connectivity index (χ1) is 15.8. The Morgan fingerprint density at radius 3 is 2.79 bits per heavy atom. The summed E-state index contributed by atoms with van der Waals surface area (Å²) in [5.41, 5.74) is 7.32. The Labute approximate surface area is 191 Å². The number of benzene rings is 1. The van der Waals surface area contributed by atoms with Crippen molar-refractivity contribution in [2.45, 2.75) is 57.9 Å². The number of rotatable bonds is 4. The molecule has 0 N–H and O–H groups in total. The number of hydrogen-bond donors (Lipinski definition) is 0. The minimum Gasteiger partial charge on any atom is -0.334 e. The summed E-state index contributed by atoms with van der Waals surface area (Å²) in [5, 5.41) is 0. The fourth-order valence-electron chi connectivity index (χ4n) is 5.23. The number of amides is 1. The third kappa shape index (κ3) is 4.67. The quantitative estimate of drug-likeness (QED) is 0.698. The molecule has 1 fully saturated rings. The summed E-state index contributed by atoms with van der Waals surface area (Å²) in [6.07, 6.45) is -1.19. The Morgan fingerprint density at radius 2 is 2.00 bits per heavy atom. The van der Waals surface area contributed by atoms with Gasteiger partial charge in [-0.2, -0.15) is 13.2 Å². The highest BCUT2D eigenvalue weighted by Gasteiger charge is 2.35. The lowest BCUT2D eigenvalue weighted by molar-refractivity contribution is -0.142. The molecule has 0 bridgehead atoms. The summed E-state index contributed by atoms with van der Waals surface area (Å²) in [5.74, 6) is 0.0639. The highest BCUT2D eigenvalue weighted by Crippen LogP contribution is 2.32. The van der Waals surface area contributed by atoms with E-state index >= 15 is 0 Å². The number of fused-ring (bicyclic) bond motifs is 2. The van der Waals surface area contributed by atoms with Crippen LogP contribution >= 0.6 is 0 Å². The van der Waals surface area contributed by atoms with Crippen LogP contribution in [0.2, 0.25) is 0 Å². The zero-order valence-electron chi connectivity index (χ0n) is 18.7. The van der Waals surface area contributed by atoms with Crippen molar-refractivity contribution in [2.24, 2.45) is 4.99 Å². The van der Waals surface area contributed by atoms with Gasteiger partial charge in [0.05, 0.1) is 25.1 Å². The van der Waals surface area contributed by atoms with Gasteiger partial charge in [0, 0.05) is 48.7 Å². The molecule has 1 atom stereocenters. The van der Waals surface area contributed by atoms with E-state index in [1.54, 1.807) is 6.20 Å². The highest BCUT2D eigenvalue weighted by atomic mass is 19.4. The van der Waals surface area contributed by atoms with Crippen molar-refractivity contribution in [3.05, 3.63) is 64.0 Å². The standard InChI is InChI=1S/C25H27F3N4O/c1-16-9-17(4-6-29-16)24-22-11-20-14-32(23(33)12-18(20)10-19(22)13-30-24)21-3-2-7-31(15-21)8-5-25(26,27)28/h4,6,9-11,21H,2-3,5,7-8,12-15H2,1H3/t21-/m1/s1. The van der Waals surface area contributed by atoms with Crippen molar-refractivity contribution in [3.8, 4) is 0 Å². The van der Waals surface area contributed by atoms with Crippen LogP contribution in [0, 0.1) is 6.92 Å². The second-order valence-corrected chi connectivity index (χ2v) is 9.29. The molecule has 33 heavy (non-hydrogen) atoms. The SMILES string of the molecule is Cc1cc(C2=NCc3cc4c(cc32)CN([C@@H]2CCCN(CCC(F)(F)F)C2)C(=O)C4)ccn1. The molecule has 3 aliphatic rings. The van der Waals surface area contributed by atoms with Gasteiger partial charge >= 0.3 is 6.18 Å². The van der Waals surface area contributed by atoms with E-state index in [1.165, 1.54) is 0 Å². The molecule has 174 valence electrons. The molecule has 1 amide bonds. The van der Waals surface area contributed by atoms with Crippen molar-refractivity contribution in [1.82, 2.24) is 14.8 Å². The van der Waals surface area contributed by atoms with Crippen LogP contribution in [-0.2, 0) is 24.3 Å². The number of alkyl halides is 3. The Bertz CT molecular complexity index is 1110. The van der Waals surface area contributed by atoms with E-state index in [4.69, 9.17) is 4.99 Å². The zero-order chi connectivity index (χ0) is 23.2. The van der Waals surface area contributed by atoms with Crippen LogP contribution in [0.4, 0.5) is 13.2 Å².